The minimum Gasteiger partial charge on any atom is -0.497 e. The molecule has 0 saturated heterocycles. The topological polar surface area (TPSA) is 35.5 Å². The molecule has 0 aromatic heterocycles. The second-order valence-electron chi connectivity index (χ2n) is 5.35. The number of ether oxygens (including phenoxy) is 2. The van der Waals surface area contributed by atoms with Gasteiger partial charge in [-0.2, -0.15) is 0 Å². The highest BCUT2D eigenvalue weighted by molar-refractivity contribution is 6.00. The van der Waals surface area contributed by atoms with Gasteiger partial charge in [0.15, 0.2) is 5.78 Å². The number of hydrogen-bond donors (Lipinski definition) is 0. The van der Waals surface area contributed by atoms with E-state index in [1.165, 1.54) is 5.56 Å². The first kappa shape index (κ1) is 13.7. The van der Waals surface area contributed by atoms with Crippen LogP contribution in [0.3, 0.4) is 0 Å². The summed E-state index contributed by atoms with van der Waals surface area (Å²) in [5.41, 5.74) is 1.80. The van der Waals surface area contributed by atoms with Crippen LogP contribution in [0.5, 0.6) is 11.5 Å². The van der Waals surface area contributed by atoms with Crippen molar-refractivity contribution in [3.05, 3.63) is 59.7 Å². The molecule has 3 rings (SSSR count). The molecule has 0 spiro atoms. The number of benzene rings is 2. The molecule has 0 saturated carbocycles. The summed E-state index contributed by atoms with van der Waals surface area (Å²) in [6.07, 6.45) is 0.275. The van der Waals surface area contributed by atoms with E-state index in [-0.39, 0.29) is 17.8 Å². The van der Waals surface area contributed by atoms with E-state index in [1.807, 2.05) is 30.3 Å². The molecule has 0 aliphatic carbocycles. The van der Waals surface area contributed by atoms with Gasteiger partial charge in [-0.1, -0.05) is 37.3 Å². The first-order valence-corrected chi connectivity index (χ1v) is 7.12. The molecule has 0 fully saturated rings. The maximum atomic E-state index is 12.4. The zero-order chi connectivity index (χ0) is 14.8. The maximum Gasteiger partial charge on any atom is 0.170 e. The van der Waals surface area contributed by atoms with Gasteiger partial charge in [-0.15, -0.1) is 0 Å². The van der Waals surface area contributed by atoms with E-state index < -0.39 is 0 Å². The second-order valence-corrected chi connectivity index (χ2v) is 5.35. The number of hydrogen-bond acceptors (Lipinski definition) is 3. The van der Waals surface area contributed by atoms with Gasteiger partial charge in [0.2, 0.25) is 0 Å². The van der Waals surface area contributed by atoms with E-state index in [0.717, 1.165) is 0 Å². The number of methoxy groups -OCH3 is 1. The van der Waals surface area contributed by atoms with Crippen LogP contribution in [0.15, 0.2) is 48.5 Å². The highest BCUT2D eigenvalue weighted by Gasteiger charge is 2.31. The van der Waals surface area contributed by atoms with Gasteiger partial charge >= 0.3 is 0 Å². The zero-order valence-corrected chi connectivity index (χ0v) is 12.2. The van der Waals surface area contributed by atoms with Crippen molar-refractivity contribution in [3.8, 4) is 11.5 Å². The summed E-state index contributed by atoms with van der Waals surface area (Å²) in [7, 11) is 1.59. The van der Waals surface area contributed by atoms with Crippen molar-refractivity contribution in [1.82, 2.24) is 0 Å². The maximum absolute atomic E-state index is 12.4. The van der Waals surface area contributed by atoms with Crippen LogP contribution in [0.25, 0.3) is 0 Å². The summed E-state index contributed by atoms with van der Waals surface area (Å²) in [5, 5.41) is 0. The third kappa shape index (κ3) is 2.64. The lowest BCUT2D eigenvalue weighted by Gasteiger charge is -2.30. The van der Waals surface area contributed by atoms with Crippen LogP contribution in [0.1, 0.15) is 35.2 Å². The molecule has 3 heteroatoms. The fraction of sp³-hybridized carbons (Fsp3) is 0.278. The number of rotatable bonds is 3. The van der Waals surface area contributed by atoms with Crippen molar-refractivity contribution in [2.75, 3.05) is 7.11 Å². The number of Topliss-reactive ketones (excluding diaryl/α,β-unsaturated/α-hetero) is 1. The van der Waals surface area contributed by atoms with E-state index in [1.54, 1.807) is 13.2 Å². The average molecular weight is 282 g/mol. The van der Waals surface area contributed by atoms with Crippen LogP contribution in [-0.2, 0) is 0 Å². The Bertz CT molecular complexity index is 649. The molecule has 3 nitrogen and oxygen atoms in total. The molecule has 1 heterocycles. The number of carbonyl (C=O) groups is 1. The third-order valence-electron chi connectivity index (χ3n) is 4.04. The fourth-order valence-electron chi connectivity index (χ4n) is 2.70. The Balaban J connectivity index is 1.87. The molecule has 2 unspecified atom stereocenters. The number of ketones is 1. The minimum absolute atomic E-state index is 0.114. The molecule has 108 valence electrons. The van der Waals surface area contributed by atoms with Crippen LogP contribution in [0, 0.1) is 0 Å². The second kappa shape index (κ2) is 5.60. The average Bonchev–Trinajstić information content (AvgIpc) is 2.54. The summed E-state index contributed by atoms with van der Waals surface area (Å²) in [4.78, 5) is 12.4. The van der Waals surface area contributed by atoms with Crippen molar-refractivity contribution in [3.63, 3.8) is 0 Å². The SMILES string of the molecule is COc1ccc2c(c1)C(=O)CC(C(C)c1ccccc1)O2. The lowest BCUT2D eigenvalue weighted by Crippen LogP contribution is -2.31. The predicted octanol–water partition coefficient (Wildman–Crippen LogP) is 3.83. The summed E-state index contributed by atoms with van der Waals surface area (Å²) in [6.45, 7) is 2.10. The third-order valence-corrected chi connectivity index (χ3v) is 4.04. The van der Waals surface area contributed by atoms with Crippen LogP contribution >= 0.6 is 0 Å². The van der Waals surface area contributed by atoms with E-state index in [2.05, 4.69) is 19.1 Å². The lowest BCUT2D eigenvalue weighted by atomic mass is 9.89. The normalized spacial score (nSPS) is 18.6. The molecule has 0 radical (unpaired) electrons. The molecule has 2 aromatic rings. The standard InChI is InChI=1S/C18H18O3/c1-12(13-6-4-3-5-7-13)18-11-16(19)15-10-14(20-2)8-9-17(15)21-18/h3-10,12,18H,11H2,1-2H3. The molecule has 1 aliphatic rings. The summed E-state index contributed by atoms with van der Waals surface area (Å²) in [5.74, 6) is 1.62. The highest BCUT2D eigenvalue weighted by Crippen LogP contribution is 2.35. The van der Waals surface area contributed by atoms with Crippen molar-refractivity contribution >= 4 is 5.78 Å². The Labute approximate surface area is 124 Å². The summed E-state index contributed by atoms with van der Waals surface area (Å²) in [6, 6.07) is 15.5. The first-order chi connectivity index (χ1) is 10.2. The van der Waals surface area contributed by atoms with Crippen LogP contribution in [0.2, 0.25) is 0 Å². The molecule has 0 amide bonds. The van der Waals surface area contributed by atoms with Crippen molar-refractivity contribution in [2.24, 2.45) is 0 Å². The molecule has 0 bridgehead atoms. The molecule has 21 heavy (non-hydrogen) atoms. The van der Waals surface area contributed by atoms with Crippen LogP contribution in [0.4, 0.5) is 0 Å². The zero-order valence-electron chi connectivity index (χ0n) is 12.2. The highest BCUT2D eigenvalue weighted by atomic mass is 16.5. The predicted molar refractivity (Wildman–Crippen MR) is 81.2 cm³/mol. The largest absolute Gasteiger partial charge is 0.497 e. The van der Waals surface area contributed by atoms with E-state index in [0.29, 0.717) is 23.5 Å². The van der Waals surface area contributed by atoms with E-state index in [4.69, 9.17) is 9.47 Å². The van der Waals surface area contributed by atoms with Crippen molar-refractivity contribution < 1.29 is 14.3 Å². The van der Waals surface area contributed by atoms with E-state index in [9.17, 15) is 4.79 Å². The van der Waals surface area contributed by atoms with Gasteiger partial charge in [-0.25, -0.2) is 0 Å². The number of carbonyl (C=O) groups excluding carboxylic acids is 1. The fourth-order valence-corrected chi connectivity index (χ4v) is 2.70. The van der Waals surface area contributed by atoms with Gasteiger partial charge in [0.05, 0.1) is 12.7 Å². The molecule has 1 aliphatic heterocycles. The quantitative estimate of drug-likeness (QED) is 0.858. The van der Waals surface area contributed by atoms with Gasteiger partial charge in [-0.05, 0) is 23.8 Å². The van der Waals surface area contributed by atoms with Crippen molar-refractivity contribution in [1.29, 1.82) is 0 Å². The summed E-state index contributed by atoms with van der Waals surface area (Å²) >= 11 is 0. The first-order valence-electron chi connectivity index (χ1n) is 7.12. The van der Waals surface area contributed by atoms with Gasteiger partial charge in [0.25, 0.3) is 0 Å². The molecule has 2 aromatic carbocycles. The molecular weight excluding hydrogens is 264 g/mol. The van der Waals surface area contributed by atoms with Gasteiger partial charge < -0.3 is 9.47 Å². The Morgan fingerprint density at radius 1 is 1.19 bits per heavy atom. The molecule has 2 atom stereocenters. The number of fused-ring (bicyclic) bond motifs is 1. The lowest BCUT2D eigenvalue weighted by molar-refractivity contribution is 0.0816. The van der Waals surface area contributed by atoms with Gasteiger partial charge in [0, 0.05) is 12.3 Å². The smallest absolute Gasteiger partial charge is 0.170 e. The van der Waals surface area contributed by atoms with Gasteiger partial charge in [-0.3, -0.25) is 4.79 Å². The van der Waals surface area contributed by atoms with E-state index >= 15 is 0 Å². The Hall–Kier alpha value is -2.29. The monoisotopic (exact) mass is 282 g/mol. The van der Waals surface area contributed by atoms with Crippen LogP contribution < -0.4 is 9.47 Å². The Morgan fingerprint density at radius 3 is 2.67 bits per heavy atom. The molecule has 0 N–H and O–H groups in total. The minimum atomic E-state index is -0.124. The van der Waals surface area contributed by atoms with Crippen molar-refractivity contribution in [2.45, 2.75) is 25.4 Å². The Kier molecular flexibility index (Phi) is 3.65. The van der Waals surface area contributed by atoms with Crippen LogP contribution in [-0.4, -0.2) is 19.0 Å². The Morgan fingerprint density at radius 2 is 1.95 bits per heavy atom. The van der Waals surface area contributed by atoms with Gasteiger partial charge in [0.1, 0.15) is 17.6 Å². The molecular formula is C18H18O3. The summed E-state index contributed by atoms with van der Waals surface area (Å²) < 4.78 is 11.2.